The molecule has 0 bridgehead atoms. The Morgan fingerprint density at radius 2 is 2.15 bits per heavy atom. The van der Waals surface area contributed by atoms with Crippen molar-refractivity contribution in [2.24, 2.45) is 0 Å². The third-order valence-electron chi connectivity index (χ3n) is 1.47. The number of nitrogen functional groups attached to an aromatic ring is 1. The normalized spacial score (nSPS) is 9.62. The van der Waals surface area contributed by atoms with Crippen LogP contribution in [0.1, 0.15) is 10.4 Å². The molecule has 1 aromatic carbocycles. The Kier molecular flexibility index (Phi) is 2.23. The van der Waals surface area contributed by atoms with Gasteiger partial charge in [-0.25, -0.2) is 4.39 Å². The van der Waals surface area contributed by atoms with Gasteiger partial charge in [0.25, 0.3) is 5.69 Å². The monoisotopic (exact) mass is 184 g/mol. The molecule has 0 aliphatic heterocycles. The molecule has 0 atom stereocenters. The van der Waals surface area contributed by atoms with Gasteiger partial charge in [0.1, 0.15) is 0 Å². The van der Waals surface area contributed by atoms with Crippen molar-refractivity contribution in [2.75, 3.05) is 5.73 Å². The Labute approximate surface area is 72.1 Å². The lowest BCUT2D eigenvalue weighted by Crippen LogP contribution is -1.99. The number of hydrogen-bond donors (Lipinski definition) is 1. The highest BCUT2D eigenvalue weighted by molar-refractivity contribution is 5.83. The summed E-state index contributed by atoms with van der Waals surface area (Å²) in [5, 5.41) is 10.3. The number of nitrogens with two attached hydrogens (primary N) is 1. The molecule has 0 saturated heterocycles. The molecule has 0 amide bonds. The van der Waals surface area contributed by atoms with E-state index in [1.165, 1.54) is 0 Å². The van der Waals surface area contributed by atoms with Crippen LogP contribution in [-0.2, 0) is 0 Å². The minimum Gasteiger partial charge on any atom is -0.396 e. The van der Waals surface area contributed by atoms with Crippen molar-refractivity contribution in [3.05, 3.63) is 33.6 Å². The Hall–Kier alpha value is -1.98. The summed E-state index contributed by atoms with van der Waals surface area (Å²) in [6.45, 7) is 0. The minimum absolute atomic E-state index is 0.232. The summed E-state index contributed by atoms with van der Waals surface area (Å²) in [7, 11) is 0. The second kappa shape index (κ2) is 3.18. The molecule has 0 fully saturated rings. The van der Waals surface area contributed by atoms with E-state index in [4.69, 9.17) is 5.73 Å². The average Bonchev–Trinajstić information content (AvgIpc) is 2.08. The maximum atomic E-state index is 12.7. The van der Waals surface area contributed by atoms with Crippen LogP contribution in [0.2, 0.25) is 0 Å². The number of nitro groups is 1. The van der Waals surface area contributed by atoms with Crippen LogP contribution < -0.4 is 5.73 Å². The van der Waals surface area contributed by atoms with Gasteiger partial charge in [-0.05, 0) is 6.07 Å². The zero-order valence-corrected chi connectivity index (χ0v) is 6.36. The van der Waals surface area contributed by atoms with Gasteiger partial charge in [0.15, 0.2) is 12.1 Å². The van der Waals surface area contributed by atoms with Gasteiger partial charge < -0.3 is 5.73 Å². The average molecular weight is 184 g/mol. The lowest BCUT2D eigenvalue weighted by atomic mass is 10.1. The molecule has 0 aliphatic carbocycles. The Morgan fingerprint density at radius 1 is 1.54 bits per heavy atom. The molecule has 0 heterocycles. The number of hydrogen-bond acceptors (Lipinski definition) is 4. The predicted octanol–water partition coefficient (Wildman–Crippen LogP) is 1.13. The molecular weight excluding hydrogens is 179 g/mol. The second-order valence-electron chi connectivity index (χ2n) is 2.31. The first-order valence-electron chi connectivity index (χ1n) is 3.25. The molecule has 13 heavy (non-hydrogen) atoms. The molecule has 5 nitrogen and oxygen atoms in total. The first-order valence-corrected chi connectivity index (χ1v) is 3.25. The Balaban J connectivity index is 3.41. The van der Waals surface area contributed by atoms with Gasteiger partial charge in [-0.15, -0.1) is 0 Å². The molecule has 0 saturated carbocycles. The molecule has 1 rings (SSSR count). The third-order valence-corrected chi connectivity index (χ3v) is 1.47. The van der Waals surface area contributed by atoms with Crippen molar-refractivity contribution in [3.8, 4) is 0 Å². The van der Waals surface area contributed by atoms with Crippen LogP contribution in [0, 0.1) is 15.9 Å². The Morgan fingerprint density at radius 3 is 2.62 bits per heavy atom. The van der Waals surface area contributed by atoms with E-state index in [0.717, 1.165) is 6.07 Å². The molecule has 2 N–H and O–H groups in total. The molecule has 6 heteroatoms. The van der Waals surface area contributed by atoms with Crippen molar-refractivity contribution in [2.45, 2.75) is 0 Å². The fraction of sp³-hybridized carbons (Fsp3) is 0. The third kappa shape index (κ3) is 1.61. The Bertz CT molecular complexity index is 378. The van der Waals surface area contributed by atoms with Gasteiger partial charge in [-0.3, -0.25) is 14.9 Å². The topological polar surface area (TPSA) is 86.2 Å². The highest BCUT2D eigenvalue weighted by Crippen LogP contribution is 2.22. The van der Waals surface area contributed by atoms with E-state index in [-0.39, 0.29) is 17.5 Å². The number of halogens is 1. The van der Waals surface area contributed by atoms with E-state index in [9.17, 15) is 19.3 Å². The van der Waals surface area contributed by atoms with Crippen LogP contribution in [-0.4, -0.2) is 11.2 Å². The largest absolute Gasteiger partial charge is 0.396 e. The van der Waals surface area contributed by atoms with Crippen LogP contribution in [0.4, 0.5) is 15.8 Å². The summed E-state index contributed by atoms with van der Waals surface area (Å²) in [6.07, 6.45) is 0.258. The number of benzene rings is 1. The number of nitrogens with zero attached hydrogens (tertiary/aromatic N) is 1. The molecule has 0 spiro atoms. The lowest BCUT2D eigenvalue weighted by molar-refractivity contribution is -0.385. The number of carbonyl (C=O) groups is 1. The van der Waals surface area contributed by atoms with Crippen molar-refractivity contribution in [3.63, 3.8) is 0 Å². The maximum absolute atomic E-state index is 12.7. The number of carbonyl (C=O) groups excluding carboxylic acids is 1. The number of anilines is 1. The molecule has 0 radical (unpaired) electrons. The summed E-state index contributed by atoms with van der Waals surface area (Å²) >= 11 is 0. The van der Waals surface area contributed by atoms with E-state index in [0.29, 0.717) is 6.07 Å². The van der Waals surface area contributed by atoms with Gasteiger partial charge in [-0.1, -0.05) is 0 Å². The standard InChI is InChI=1S/C7H5FN2O3/c8-5-2-7(10(12)13)4(3-11)1-6(5)9/h1-3H,9H2. The summed E-state index contributed by atoms with van der Waals surface area (Å²) < 4.78 is 12.7. The van der Waals surface area contributed by atoms with Crippen LogP contribution in [0.15, 0.2) is 12.1 Å². The van der Waals surface area contributed by atoms with E-state index >= 15 is 0 Å². The second-order valence-corrected chi connectivity index (χ2v) is 2.31. The number of rotatable bonds is 2. The molecule has 68 valence electrons. The van der Waals surface area contributed by atoms with Gasteiger partial charge in [0.2, 0.25) is 0 Å². The quantitative estimate of drug-likeness (QED) is 0.323. The number of aldehydes is 1. The number of nitro benzene ring substituents is 1. The predicted molar refractivity (Wildman–Crippen MR) is 42.9 cm³/mol. The van der Waals surface area contributed by atoms with Crippen molar-refractivity contribution in [1.29, 1.82) is 0 Å². The van der Waals surface area contributed by atoms with Crippen LogP contribution in [0.3, 0.4) is 0 Å². The van der Waals surface area contributed by atoms with E-state index in [1.807, 2.05) is 0 Å². The first kappa shape index (κ1) is 9.11. The fourth-order valence-corrected chi connectivity index (χ4v) is 0.850. The van der Waals surface area contributed by atoms with Crippen LogP contribution in [0.5, 0.6) is 0 Å². The van der Waals surface area contributed by atoms with Crippen LogP contribution >= 0.6 is 0 Å². The molecular formula is C7H5FN2O3. The van der Waals surface area contributed by atoms with Gasteiger partial charge in [-0.2, -0.15) is 0 Å². The SMILES string of the molecule is Nc1cc(C=O)c([N+](=O)[O-])cc1F. The zero-order chi connectivity index (χ0) is 10.0. The van der Waals surface area contributed by atoms with E-state index in [1.54, 1.807) is 0 Å². The maximum Gasteiger partial charge on any atom is 0.282 e. The fourth-order valence-electron chi connectivity index (χ4n) is 0.850. The minimum atomic E-state index is -0.905. The summed E-state index contributed by atoms with van der Waals surface area (Å²) in [4.78, 5) is 19.8. The molecule has 0 unspecified atom stereocenters. The van der Waals surface area contributed by atoms with Gasteiger partial charge >= 0.3 is 0 Å². The summed E-state index contributed by atoms with van der Waals surface area (Å²) in [5.74, 6) is -0.905. The lowest BCUT2D eigenvalue weighted by Gasteiger charge is -1.98. The smallest absolute Gasteiger partial charge is 0.282 e. The molecule has 1 aromatic rings. The van der Waals surface area contributed by atoms with E-state index in [2.05, 4.69) is 0 Å². The molecule has 0 aliphatic rings. The van der Waals surface area contributed by atoms with Crippen molar-refractivity contribution >= 4 is 17.7 Å². The van der Waals surface area contributed by atoms with Crippen LogP contribution in [0.25, 0.3) is 0 Å². The van der Waals surface area contributed by atoms with Crippen molar-refractivity contribution < 1.29 is 14.1 Å². The summed E-state index contributed by atoms with van der Waals surface area (Å²) in [6, 6.07) is 1.56. The molecule has 0 aromatic heterocycles. The zero-order valence-electron chi connectivity index (χ0n) is 6.36. The van der Waals surface area contributed by atoms with Gasteiger partial charge in [0, 0.05) is 0 Å². The van der Waals surface area contributed by atoms with Crippen molar-refractivity contribution in [1.82, 2.24) is 0 Å². The van der Waals surface area contributed by atoms with Gasteiger partial charge in [0.05, 0.1) is 22.2 Å². The highest BCUT2D eigenvalue weighted by atomic mass is 19.1. The first-order chi connectivity index (χ1) is 6.06. The van der Waals surface area contributed by atoms with E-state index < -0.39 is 16.4 Å². The highest BCUT2D eigenvalue weighted by Gasteiger charge is 2.16. The summed E-state index contributed by atoms with van der Waals surface area (Å²) in [5.41, 5.74) is 4.01.